The highest BCUT2D eigenvalue weighted by atomic mass is 32.2. The van der Waals surface area contributed by atoms with Gasteiger partial charge in [-0.25, -0.2) is 8.42 Å². The lowest BCUT2D eigenvalue weighted by atomic mass is 10.2. The number of aryl methyl sites for hydroxylation is 1. The molecule has 0 aromatic heterocycles. The second-order valence-electron chi connectivity index (χ2n) is 3.72. The molecule has 1 rings (SSSR count). The Hall–Kier alpha value is -1.91. The minimum absolute atomic E-state index is 0.140. The number of hydrogen-bond acceptors (Lipinski definition) is 4. The van der Waals surface area contributed by atoms with Crippen molar-refractivity contribution in [3.63, 3.8) is 0 Å². The van der Waals surface area contributed by atoms with Crippen LogP contribution in [0.5, 0.6) is 0 Å². The SMILES string of the molecule is C#CC(C)NS(=O)(=O)c1cc([N+](=O)[O-])ccc1C. The smallest absolute Gasteiger partial charge is 0.258 e. The van der Waals surface area contributed by atoms with Crippen molar-refractivity contribution in [2.45, 2.75) is 24.8 Å². The highest BCUT2D eigenvalue weighted by Crippen LogP contribution is 2.21. The van der Waals surface area contributed by atoms with E-state index in [1.54, 1.807) is 6.92 Å². The van der Waals surface area contributed by atoms with Gasteiger partial charge in [0.25, 0.3) is 5.69 Å². The van der Waals surface area contributed by atoms with Gasteiger partial charge in [0.05, 0.1) is 15.9 Å². The Kier molecular flexibility index (Phi) is 4.06. The molecule has 1 unspecified atom stereocenters. The van der Waals surface area contributed by atoms with Crippen LogP contribution in [0.4, 0.5) is 5.69 Å². The summed E-state index contributed by atoms with van der Waals surface area (Å²) in [5, 5.41) is 10.6. The van der Waals surface area contributed by atoms with Crippen molar-refractivity contribution < 1.29 is 13.3 Å². The molecular formula is C11H12N2O4S. The number of nitrogens with one attached hydrogen (secondary N) is 1. The largest absolute Gasteiger partial charge is 0.270 e. The minimum Gasteiger partial charge on any atom is -0.258 e. The van der Waals surface area contributed by atoms with E-state index in [0.29, 0.717) is 5.56 Å². The van der Waals surface area contributed by atoms with E-state index in [2.05, 4.69) is 10.6 Å². The van der Waals surface area contributed by atoms with E-state index in [4.69, 9.17) is 6.42 Å². The quantitative estimate of drug-likeness (QED) is 0.505. The Balaban J connectivity index is 3.28. The molecule has 6 nitrogen and oxygen atoms in total. The van der Waals surface area contributed by atoms with Crippen LogP contribution in [0.2, 0.25) is 0 Å². The molecule has 18 heavy (non-hydrogen) atoms. The fourth-order valence-electron chi connectivity index (χ4n) is 1.32. The first kappa shape index (κ1) is 14.2. The average Bonchev–Trinajstić information content (AvgIpc) is 2.28. The van der Waals surface area contributed by atoms with Gasteiger partial charge in [-0.15, -0.1) is 6.42 Å². The van der Waals surface area contributed by atoms with E-state index in [-0.39, 0.29) is 10.6 Å². The van der Waals surface area contributed by atoms with Gasteiger partial charge in [-0.05, 0) is 19.4 Å². The lowest BCUT2D eigenvalue weighted by Gasteiger charge is -2.10. The van der Waals surface area contributed by atoms with Gasteiger partial charge in [-0.2, -0.15) is 4.72 Å². The molecule has 0 aliphatic rings. The van der Waals surface area contributed by atoms with Crippen LogP contribution < -0.4 is 4.72 Å². The predicted molar refractivity (Wildman–Crippen MR) is 66.4 cm³/mol. The van der Waals surface area contributed by atoms with E-state index in [0.717, 1.165) is 6.07 Å². The van der Waals surface area contributed by atoms with Crippen molar-refractivity contribution in [2.75, 3.05) is 0 Å². The van der Waals surface area contributed by atoms with Crippen molar-refractivity contribution in [1.29, 1.82) is 0 Å². The molecule has 1 aromatic rings. The number of rotatable bonds is 4. The van der Waals surface area contributed by atoms with E-state index in [1.165, 1.54) is 19.1 Å². The predicted octanol–water partition coefficient (Wildman–Crippen LogP) is 1.20. The van der Waals surface area contributed by atoms with Crippen molar-refractivity contribution in [3.05, 3.63) is 33.9 Å². The third-order valence-electron chi connectivity index (χ3n) is 2.25. The van der Waals surface area contributed by atoms with Gasteiger partial charge < -0.3 is 0 Å². The topological polar surface area (TPSA) is 89.3 Å². The van der Waals surface area contributed by atoms with E-state index >= 15 is 0 Å². The fraction of sp³-hybridized carbons (Fsp3) is 0.273. The molecule has 0 heterocycles. The van der Waals surface area contributed by atoms with Crippen LogP contribution in [0, 0.1) is 29.4 Å². The van der Waals surface area contributed by atoms with Crippen molar-refractivity contribution in [1.82, 2.24) is 4.72 Å². The summed E-state index contributed by atoms with van der Waals surface area (Å²) in [7, 11) is -3.86. The summed E-state index contributed by atoms with van der Waals surface area (Å²) in [5.74, 6) is 2.22. The Morgan fingerprint density at radius 3 is 2.61 bits per heavy atom. The molecule has 0 bridgehead atoms. The number of benzene rings is 1. The standard InChI is InChI=1S/C11H12N2O4S/c1-4-9(3)12-18(16,17)11-7-10(13(14)15)6-5-8(11)2/h1,5-7,9,12H,2-3H3. The minimum atomic E-state index is -3.86. The van der Waals surface area contributed by atoms with E-state index in [1.807, 2.05) is 0 Å². The van der Waals surface area contributed by atoms with Crippen molar-refractivity contribution >= 4 is 15.7 Å². The Bertz CT molecular complexity index is 616. The number of hydrogen-bond donors (Lipinski definition) is 1. The van der Waals surface area contributed by atoms with Crippen LogP contribution in [0.25, 0.3) is 0 Å². The molecule has 0 spiro atoms. The molecule has 0 aliphatic carbocycles. The van der Waals surface area contributed by atoms with Gasteiger partial charge in [0.15, 0.2) is 0 Å². The number of nitrogens with zero attached hydrogens (tertiary/aromatic N) is 1. The first-order chi connectivity index (χ1) is 8.27. The lowest BCUT2D eigenvalue weighted by molar-refractivity contribution is -0.385. The lowest BCUT2D eigenvalue weighted by Crippen LogP contribution is -2.31. The summed E-state index contributed by atoms with van der Waals surface area (Å²) in [6, 6.07) is 2.96. The third kappa shape index (κ3) is 3.06. The highest BCUT2D eigenvalue weighted by Gasteiger charge is 2.21. The van der Waals surface area contributed by atoms with Gasteiger partial charge in [0, 0.05) is 12.1 Å². The highest BCUT2D eigenvalue weighted by molar-refractivity contribution is 7.89. The van der Waals surface area contributed by atoms with Gasteiger partial charge in [-0.3, -0.25) is 10.1 Å². The summed E-state index contributed by atoms with van der Waals surface area (Å²) in [5.41, 5.74) is 0.131. The van der Waals surface area contributed by atoms with Crippen LogP contribution >= 0.6 is 0 Å². The Labute approximate surface area is 105 Å². The first-order valence-corrected chi connectivity index (χ1v) is 6.49. The Morgan fingerprint density at radius 1 is 1.50 bits per heavy atom. The zero-order valence-electron chi connectivity index (χ0n) is 9.88. The molecule has 1 atom stereocenters. The zero-order chi connectivity index (χ0) is 13.9. The average molecular weight is 268 g/mol. The molecule has 0 radical (unpaired) electrons. The normalized spacial score (nSPS) is 12.7. The summed E-state index contributed by atoms with van der Waals surface area (Å²) >= 11 is 0. The summed E-state index contributed by atoms with van der Waals surface area (Å²) in [6.45, 7) is 3.06. The van der Waals surface area contributed by atoms with Crippen molar-refractivity contribution in [2.24, 2.45) is 0 Å². The maximum Gasteiger partial charge on any atom is 0.270 e. The van der Waals surface area contributed by atoms with Crippen LogP contribution in [-0.4, -0.2) is 19.4 Å². The summed E-state index contributed by atoms with van der Waals surface area (Å²) < 4.78 is 26.2. The second-order valence-corrected chi connectivity index (χ2v) is 5.40. The molecule has 1 aromatic carbocycles. The van der Waals surface area contributed by atoms with Gasteiger partial charge >= 0.3 is 0 Å². The van der Waals surface area contributed by atoms with Gasteiger partial charge in [0.1, 0.15) is 0 Å². The summed E-state index contributed by atoms with van der Waals surface area (Å²) in [4.78, 5) is 9.84. The van der Waals surface area contributed by atoms with E-state index in [9.17, 15) is 18.5 Å². The van der Waals surface area contributed by atoms with Crippen LogP contribution in [0.3, 0.4) is 0 Å². The maximum atomic E-state index is 12.0. The van der Waals surface area contributed by atoms with Crippen LogP contribution in [0.1, 0.15) is 12.5 Å². The maximum absolute atomic E-state index is 12.0. The molecule has 0 saturated heterocycles. The molecular weight excluding hydrogens is 256 g/mol. The molecule has 1 N–H and O–H groups in total. The van der Waals surface area contributed by atoms with Crippen LogP contribution in [-0.2, 0) is 10.0 Å². The molecule has 0 saturated carbocycles. The molecule has 0 amide bonds. The number of terminal acetylenes is 1. The zero-order valence-corrected chi connectivity index (χ0v) is 10.7. The molecule has 7 heteroatoms. The monoisotopic (exact) mass is 268 g/mol. The fourth-order valence-corrected chi connectivity index (χ4v) is 2.75. The Morgan fingerprint density at radius 2 is 2.11 bits per heavy atom. The number of nitro benzene ring substituents is 1. The van der Waals surface area contributed by atoms with Gasteiger partial charge in [-0.1, -0.05) is 12.0 Å². The third-order valence-corrected chi connectivity index (χ3v) is 3.94. The van der Waals surface area contributed by atoms with Crippen molar-refractivity contribution in [3.8, 4) is 12.3 Å². The number of sulfonamides is 1. The second kappa shape index (κ2) is 5.16. The van der Waals surface area contributed by atoms with Gasteiger partial charge in [0.2, 0.25) is 10.0 Å². The first-order valence-electron chi connectivity index (χ1n) is 5.01. The molecule has 0 aliphatic heterocycles. The number of nitro groups is 1. The molecule has 0 fully saturated rings. The number of non-ortho nitro benzene ring substituents is 1. The van der Waals surface area contributed by atoms with E-state index < -0.39 is 21.0 Å². The summed E-state index contributed by atoms with van der Waals surface area (Å²) in [6.07, 6.45) is 5.09. The molecule has 96 valence electrons. The van der Waals surface area contributed by atoms with Crippen LogP contribution in [0.15, 0.2) is 23.1 Å².